The summed E-state index contributed by atoms with van der Waals surface area (Å²) in [6.07, 6.45) is 0. The quantitative estimate of drug-likeness (QED) is 0.538. The zero-order valence-electron chi connectivity index (χ0n) is 8.01. The predicted molar refractivity (Wildman–Crippen MR) is 53.1 cm³/mol. The van der Waals surface area contributed by atoms with Gasteiger partial charge < -0.3 is 0 Å². The Morgan fingerprint density at radius 1 is 1.54 bits per heavy atom. The van der Waals surface area contributed by atoms with Crippen LogP contribution in [0.4, 0.5) is 0 Å². The van der Waals surface area contributed by atoms with Gasteiger partial charge in [-0.1, -0.05) is 6.92 Å². The van der Waals surface area contributed by atoms with Gasteiger partial charge in [-0.15, -0.1) is 11.8 Å². The molecular formula is C9H13NO2S. The molecular weight excluding hydrogens is 186 g/mol. The fraction of sp³-hybridized carbons (Fsp3) is 0.556. The first-order valence-corrected chi connectivity index (χ1v) is 5.25. The Bertz CT molecular complexity index is 283. The van der Waals surface area contributed by atoms with Crippen molar-refractivity contribution in [1.82, 2.24) is 5.32 Å². The van der Waals surface area contributed by atoms with Crippen LogP contribution in [0.15, 0.2) is 10.5 Å². The maximum absolute atomic E-state index is 11.3. The van der Waals surface area contributed by atoms with E-state index in [1.165, 1.54) is 0 Å². The van der Waals surface area contributed by atoms with E-state index < -0.39 is 0 Å². The molecule has 72 valence electrons. The Morgan fingerprint density at radius 3 is 2.54 bits per heavy atom. The number of hydrogen-bond acceptors (Lipinski definition) is 3. The summed E-state index contributed by atoms with van der Waals surface area (Å²) < 4.78 is 0. The molecule has 0 aliphatic carbocycles. The summed E-state index contributed by atoms with van der Waals surface area (Å²) in [6, 6.07) is 0. The molecule has 3 nitrogen and oxygen atoms in total. The smallest absolute Gasteiger partial charge is 0.255 e. The van der Waals surface area contributed by atoms with Crippen LogP contribution in [0.3, 0.4) is 0 Å². The highest BCUT2D eigenvalue weighted by Gasteiger charge is 2.33. The van der Waals surface area contributed by atoms with Gasteiger partial charge in [-0.25, -0.2) is 0 Å². The van der Waals surface area contributed by atoms with Crippen LogP contribution in [-0.2, 0) is 9.59 Å². The van der Waals surface area contributed by atoms with Gasteiger partial charge >= 0.3 is 0 Å². The molecule has 0 spiro atoms. The Hall–Kier alpha value is -0.770. The van der Waals surface area contributed by atoms with E-state index in [1.54, 1.807) is 18.7 Å². The highest BCUT2D eigenvalue weighted by Crippen LogP contribution is 2.27. The zero-order valence-corrected chi connectivity index (χ0v) is 8.83. The van der Waals surface area contributed by atoms with E-state index in [1.807, 2.05) is 13.8 Å². The summed E-state index contributed by atoms with van der Waals surface area (Å²) in [5.74, 6) is 0.224. The van der Waals surface area contributed by atoms with Crippen molar-refractivity contribution < 1.29 is 9.59 Å². The van der Waals surface area contributed by atoms with E-state index in [0.717, 1.165) is 10.7 Å². The van der Waals surface area contributed by atoms with Gasteiger partial charge in [0.05, 0.1) is 5.92 Å². The van der Waals surface area contributed by atoms with E-state index in [4.69, 9.17) is 0 Å². The van der Waals surface area contributed by atoms with Gasteiger partial charge in [-0.2, -0.15) is 0 Å². The number of thioether (sulfide) groups is 1. The molecule has 0 bridgehead atoms. The standard InChI is InChI=1S/C9H13NO2S/c1-4-13-6(3)7-5(2)8(11)10-9(7)12/h5H,4H2,1-3H3,(H,10,11,12)/b7-6-. The van der Waals surface area contributed by atoms with Crippen molar-refractivity contribution in [2.75, 3.05) is 5.75 Å². The number of nitrogens with one attached hydrogen (secondary N) is 1. The third kappa shape index (κ3) is 1.94. The molecule has 0 saturated carbocycles. The van der Waals surface area contributed by atoms with Crippen molar-refractivity contribution in [3.05, 3.63) is 10.5 Å². The molecule has 1 fully saturated rings. The van der Waals surface area contributed by atoms with Crippen LogP contribution in [0.25, 0.3) is 0 Å². The fourth-order valence-electron chi connectivity index (χ4n) is 1.37. The highest BCUT2D eigenvalue weighted by molar-refractivity contribution is 8.03. The first-order chi connectivity index (χ1) is 6.07. The molecule has 4 heteroatoms. The second-order valence-corrected chi connectivity index (χ2v) is 4.42. The average Bonchev–Trinajstić information content (AvgIpc) is 2.27. The summed E-state index contributed by atoms with van der Waals surface area (Å²) in [4.78, 5) is 23.4. The van der Waals surface area contributed by atoms with Gasteiger partial charge in [0.15, 0.2) is 0 Å². The topological polar surface area (TPSA) is 46.2 Å². The number of hydrogen-bond donors (Lipinski definition) is 1. The molecule has 1 rings (SSSR count). The Morgan fingerprint density at radius 2 is 2.15 bits per heavy atom. The van der Waals surface area contributed by atoms with Crippen LogP contribution >= 0.6 is 11.8 Å². The number of imide groups is 1. The molecule has 1 aliphatic heterocycles. The van der Waals surface area contributed by atoms with E-state index in [0.29, 0.717) is 5.57 Å². The molecule has 1 atom stereocenters. The molecule has 1 aliphatic rings. The summed E-state index contributed by atoms with van der Waals surface area (Å²) in [7, 11) is 0. The van der Waals surface area contributed by atoms with Crippen LogP contribution in [0.2, 0.25) is 0 Å². The summed E-state index contributed by atoms with van der Waals surface area (Å²) in [5, 5.41) is 2.31. The lowest BCUT2D eigenvalue weighted by molar-refractivity contribution is -0.125. The fourth-order valence-corrected chi connectivity index (χ4v) is 2.23. The molecule has 1 unspecified atom stereocenters. The monoisotopic (exact) mass is 199 g/mol. The van der Waals surface area contributed by atoms with Crippen LogP contribution in [0, 0.1) is 5.92 Å². The predicted octanol–water partition coefficient (Wildman–Crippen LogP) is 1.31. The molecule has 1 N–H and O–H groups in total. The van der Waals surface area contributed by atoms with Crippen molar-refractivity contribution in [2.45, 2.75) is 20.8 Å². The second-order valence-electron chi connectivity index (χ2n) is 2.94. The van der Waals surface area contributed by atoms with E-state index >= 15 is 0 Å². The van der Waals surface area contributed by atoms with Crippen LogP contribution in [0.5, 0.6) is 0 Å². The molecule has 0 aromatic carbocycles. The van der Waals surface area contributed by atoms with E-state index in [9.17, 15) is 9.59 Å². The van der Waals surface area contributed by atoms with Gasteiger partial charge in [0.2, 0.25) is 5.91 Å². The van der Waals surface area contributed by atoms with Crippen molar-refractivity contribution >= 4 is 23.6 Å². The van der Waals surface area contributed by atoms with Gasteiger partial charge in [0.25, 0.3) is 5.91 Å². The maximum atomic E-state index is 11.3. The normalized spacial score (nSPS) is 26.2. The molecule has 13 heavy (non-hydrogen) atoms. The third-order valence-electron chi connectivity index (χ3n) is 2.05. The van der Waals surface area contributed by atoms with Crippen molar-refractivity contribution in [1.29, 1.82) is 0 Å². The molecule has 1 saturated heterocycles. The van der Waals surface area contributed by atoms with Crippen molar-refractivity contribution in [3.8, 4) is 0 Å². The highest BCUT2D eigenvalue weighted by atomic mass is 32.2. The summed E-state index contributed by atoms with van der Waals surface area (Å²) >= 11 is 1.60. The number of amides is 2. The maximum Gasteiger partial charge on any atom is 0.255 e. The van der Waals surface area contributed by atoms with Crippen molar-refractivity contribution in [3.63, 3.8) is 0 Å². The minimum absolute atomic E-state index is 0.184. The van der Waals surface area contributed by atoms with Gasteiger partial charge in [0.1, 0.15) is 0 Å². The SMILES string of the molecule is CCS/C(C)=C1\C(=O)NC(=O)C1C. The minimum atomic E-state index is -0.286. The number of rotatable bonds is 2. The molecule has 1 heterocycles. The van der Waals surface area contributed by atoms with E-state index in [-0.39, 0.29) is 17.7 Å². The van der Waals surface area contributed by atoms with Crippen LogP contribution < -0.4 is 5.32 Å². The van der Waals surface area contributed by atoms with Crippen LogP contribution in [0.1, 0.15) is 20.8 Å². The number of carbonyl (C=O) groups excluding carboxylic acids is 2. The average molecular weight is 199 g/mol. The minimum Gasteiger partial charge on any atom is -0.292 e. The number of carbonyl (C=O) groups is 2. The molecule has 2 amide bonds. The lowest BCUT2D eigenvalue weighted by Gasteiger charge is -2.04. The van der Waals surface area contributed by atoms with Crippen molar-refractivity contribution in [2.24, 2.45) is 5.92 Å². The number of allylic oxidation sites excluding steroid dienone is 1. The van der Waals surface area contributed by atoms with Gasteiger partial charge in [-0.05, 0) is 24.5 Å². The van der Waals surface area contributed by atoms with E-state index in [2.05, 4.69) is 5.32 Å². The summed E-state index contributed by atoms with van der Waals surface area (Å²) in [5.41, 5.74) is 0.636. The van der Waals surface area contributed by atoms with Crippen LogP contribution in [-0.4, -0.2) is 17.6 Å². The lowest BCUT2D eigenvalue weighted by Crippen LogP contribution is -2.21. The summed E-state index contributed by atoms with van der Waals surface area (Å²) in [6.45, 7) is 5.67. The third-order valence-corrected chi connectivity index (χ3v) is 2.99. The molecule has 0 aromatic heterocycles. The van der Waals surface area contributed by atoms with Gasteiger partial charge in [-0.3, -0.25) is 14.9 Å². The first kappa shape index (κ1) is 10.3. The van der Waals surface area contributed by atoms with Gasteiger partial charge in [0, 0.05) is 5.57 Å². The molecule has 0 aromatic rings. The Kier molecular flexibility index (Phi) is 3.14. The Balaban J connectivity index is 2.96. The molecule has 0 radical (unpaired) electrons. The second kappa shape index (κ2) is 3.96. The first-order valence-electron chi connectivity index (χ1n) is 4.26. The zero-order chi connectivity index (χ0) is 10.0. The lowest BCUT2D eigenvalue weighted by atomic mass is 10.0. The Labute approximate surface area is 82.0 Å². The largest absolute Gasteiger partial charge is 0.292 e.